The van der Waals surface area contributed by atoms with Gasteiger partial charge in [-0.25, -0.2) is 4.98 Å². The highest BCUT2D eigenvalue weighted by Gasteiger charge is 2.15. The Morgan fingerprint density at radius 2 is 2.16 bits per heavy atom. The molecule has 2 rings (SSSR count). The van der Waals surface area contributed by atoms with Crippen molar-refractivity contribution in [2.75, 3.05) is 0 Å². The Labute approximate surface area is 110 Å². The number of hydrogen-bond donors (Lipinski definition) is 1. The van der Waals surface area contributed by atoms with Crippen LogP contribution in [0.3, 0.4) is 0 Å². The predicted molar refractivity (Wildman–Crippen MR) is 70.0 cm³/mol. The lowest BCUT2D eigenvalue weighted by atomic mass is 10.2. The summed E-state index contributed by atoms with van der Waals surface area (Å²) in [5.41, 5.74) is 7.08. The number of rotatable bonds is 4. The molecule has 6 nitrogen and oxygen atoms in total. The lowest BCUT2D eigenvalue weighted by molar-refractivity contribution is -0.385. The van der Waals surface area contributed by atoms with E-state index in [1.165, 1.54) is 12.1 Å². The zero-order chi connectivity index (χ0) is 13.8. The number of nitrogens with two attached hydrogens (primary N) is 1. The average molecular weight is 259 g/mol. The summed E-state index contributed by atoms with van der Waals surface area (Å²) in [5.74, 6) is 0.509. The minimum absolute atomic E-state index is 0.0911. The normalized spacial score (nSPS) is 10.2. The maximum atomic E-state index is 10.9. The van der Waals surface area contributed by atoms with E-state index >= 15 is 0 Å². The third kappa shape index (κ3) is 2.86. The molecule has 0 aliphatic rings. The topological polar surface area (TPSA) is 91.3 Å². The largest absolute Gasteiger partial charge is 0.432 e. The second-order valence-electron chi connectivity index (χ2n) is 4.00. The van der Waals surface area contributed by atoms with Crippen LogP contribution in [0.2, 0.25) is 0 Å². The summed E-state index contributed by atoms with van der Waals surface area (Å²) in [6.07, 6.45) is 1.59. The van der Waals surface area contributed by atoms with Crippen LogP contribution in [0.4, 0.5) is 5.69 Å². The van der Waals surface area contributed by atoms with E-state index < -0.39 is 4.92 Å². The van der Waals surface area contributed by atoms with Crippen molar-refractivity contribution in [1.82, 2.24) is 4.98 Å². The predicted octanol–water partition coefficient (Wildman–Crippen LogP) is 2.55. The van der Waals surface area contributed by atoms with Gasteiger partial charge in [-0.3, -0.25) is 10.1 Å². The van der Waals surface area contributed by atoms with E-state index in [1.807, 2.05) is 13.0 Å². The molecule has 0 radical (unpaired) electrons. The number of aryl methyl sites for hydroxylation is 1. The molecule has 98 valence electrons. The van der Waals surface area contributed by atoms with Crippen molar-refractivity contribution in [3.63, 3.8) is 0 Å². The summed E-state index contributed by atoms with van der Waals surface area (Å²) in [4.78, 5) is 14.5. The van der Waals surface area contributed by atoms with Gasteiger partial charge in [0.15, 0.2) is 0 Å². The summed E-state index contributed by atoms with van der Waals surface area (Å²) < 4.78 is 5.51. The molecule has 0 bridgehead atoms. The molecule has 1 aromatic heterocycles. The molecule has 6 heteroatoms. The fourth-order valence-corrected chi connectivity index (χ4v) is 1.64. The van der Waals surface area contributed by atoms with E-state index in [4.69, 9.17) is 10.5 Å². The van der Waals surface area contributed by atoms with Crippen LogP contribution in [0.1, 0.15) is 11.1 Å². The van der Waals surface area contributed by atoms with Crippen molar-refractivity contribution >= 4 is 5.69 Å². The van der Waals surface area contributed by atoms with Crippen molar-refractivity contribution in [1.29, 1.82) is 0 Å². The fraction of sp³-hybridized carbons (Fsp3) is 0.154. The van der Waals surface area contributed by atoms with Crippen molar-refractivity contribution in [3.8, 4) is 11.6 Å². The summed E-state index contributed by atoms with van der Waals surface area (Å²) in [6, 6.07) is 8.03. The summed E-state index contributed by atoms with van der Waals surface area (Å²) >= 11 is 0. The first-order valence-corrected chi connectivity index (χ1v) is 5.68. The van der Waals surface area contributed by atoms with Crippen molar-refractivity contribution in [2.24, 2.45) is 5.73 Å². The van der Waals surface area contributed by atoms with Crippen LogP contribution in [-0.2, 0) is 6.54 Å². The van der Waals surface area contributed by atoms with Crippen molar-refractivity contribution in [2.45, 2.75) is 13.5 Å². The van der Waals surface area contributed by atoms with Gasteiger partial charge in [0.25, 0.3) is 0 Å². The average Bonchev–Trinajstić information content (AvgIpc) is 2.41. The number of benzene rings is 1. The SMILES string of the molecule is Cc1cc(CN)cnc1Oc1ccccc1[N+](=O)[O-]. The number of aromatic nitrogens is 1. The standard InChI is InChI=1S/C13H13N3O3/c1-9-6-10(7-14)8-15-13(9)19-12-5-3-2-4-11(12)16(17)18/h2-6,8H,7,14H2,1H3. The maximum absolute atomic E-state index is 10.9. The van der Waals surface area contributed by atoms with Crippen LogP contribution >= 0.6 is 0 Å². The number of nitro benzene ring substituents is 1. The lowest BCUT2D eigenvalue weighted by Gasteiger charge is -2.08. The van der Waals surface area contributed by atoms with Crippen LogP contribution in [-0.4, -0.2) is 9.91 Å². The Morgan fingerprint density at radius 1 is 1.42 bits per heavy atom. The maximum Gasteiger partial charge on any atom is 0.311 e. The molecule has 2 N–H and O–H groups in total. The van der Waals surface area contributed by atoms with E-state index in [0.29, 0.717) is 12.4 Å². The van der Waals surface area contributed by atoms with E-state index in [0.717, 1.165) is 11.1 Å². The minimum atomic E-state index is -0.487. The first-order valence-electron chi connectivity index (χ1n) is 5.68. The number of nitrogens with zero attached hydrogens (tertiary/aromatic N) is 2. The lowest BCUT2D eigenvalue weighted by Crippen LogP contribution is -2.00. The van der Waals surface area contributed by atoms with Crippen LogP contribution < -0.4 is 10.5 Å². The summed E-state index contributed by atoms with van der Waals surface area (Å²) in [6.45, 7) is 2.20. The molecular weight excluding hydrogens is 246 g/mol. The second-order valence-corrected chi connectivity index (χ2v) is 4.00. The molecule has 0 unspecified atom stereocenters. The summed E-state index contributed by atoms with van der Waals surface area (Å²) in [5, 5.41) is 10.9. The van der Waals surface area contributed by atoms with Gasteiger partial charge >= 0.3 is 5.69 Å². The zero-order valence-electron chi connectivity index (χ0n) is 10.4. The molecule has 0 spiro atoms. The van der Waals surface area contributed by atoms with Crippen LogP contribution in [0, 0.1) is 17.0 Å². The molecule has 1 aromatic carbocycles. The number of ether oxygens (including phenoxy) is 1. The monoisotopic (exact) mass is 259 g/mol. The third-order valence-electron chi connectivity index (χ3n) is 2.59. The molecule has 0 aliphatic carbocycles. The van der Waals surface area contributed by atoms with Gasteiger partial charge in [-0.05, 0) is 24.6 Å². The highest BCUT2D eigenvalue weighted by Crippen LogP contribution is 2.31. The molecule has 0 amide bonds. The first kappa shape index (κ1) is 13.0. The van der Waals surface area contributed by atoms with Gasteiger partial charge < -0.3 is 10.5 Å². The van der Waals surface area contributed by atoms with Gasteiger partial charge in [-0.15, -0.1) is 0 Å². The molecular formula is C13H13N3O3. The fourth-order valence-electron chi connectivity index (χ4n) is 1.64. The van der Waals surface area contributed by atoms with Crippen LogP contribution in [0.15, 0.2) is 36.5 Å². The van der Waals surface area contributed by atoms with E-state index in [2.05, 4.69) is 4.98 Å². The molecule has 0 atom stereocenters. The van der Waals surface area contributed by atoms with Gasteiger partial charge in [0.1, 0.15) is 0 Å². The van der Waals surface area contributed by atoms with E-state index in [9.17, 15) is 10.1 Å². The number of para-hydroxylation sites is 2. The van der Waals surface area contributed by atoms with Crippen LogP contribution in [0.5, 0.6) is 11.6 Å². The Balaban J connectivity index is 2.34. The third-order valence-corrected chi connectivity index (χ3v) is 2.59. The van der Waals surface area contributed by atoms with Gasteiger partial charge in [0.2, 0.25) is 11.6 Å². The minimum Gasteiger partial charge on any atom is -0.432 e. The van der Waals surface area contributed by atoms with Gasteiger partial charge in [-0.1, -0.05) is 12.1 Å². The van der Waals surface area contributed by atoms with Gasteiger partial charge in [0, 0.05) is 24.4 Å². The van der Waals surface area contributed by atoms with E-state index in [1.54, 1.807) is 18.3 Å². The molecule has 0 aliphatic heterocycles. The number of nitro groups is 1. The Kier molecular flexibility index (Phi) is 3.72. The Hall–Kier alpha value is -2.47. The molecule has 2 aromatic rings. The van der Waals surface area contributed by atoms with E-state index in [-0.39, 0.29) is 11.4 Å². The molecule has 0 saturated carbocycles. The number of hydrogen-bond acceptors (Lipinski definition) is 5. The Bertz CT molecular complexity index is 614. The van der Waals surface area contributed by atoms with Crippen molar-refractivity contribution < 1.29 is 9.66 Å². The molecule has 0 fully saturated rings. The quantitative estimate of drug-likeness (QED) is 0.673. The van der Waals surface area contributed by atoms with Crippen molar-refractivity contribution in [3.05, 3.63) is 57.8 Å². The Morgan fingerprint density at radius 3 is 2.79 bits per heavy atom. The van der Waals surface area contributed by atoms with Gasteiger partial charge in [0.05, 0.1) is 4.92 Å². The van der Waals surface area contributed by atoms with Gasteiger partial charge in [-0.2, -0.15) is 0 Å². The molecule has 19 heavy (non-hydrogen) atoms. The molecule has 1 heterocycles. The zero-order valence-corrected chi connectivity index (χ0v) is 10.4. The first-order chi connectivity index (χ1) is 9.11. The highest BCUT2D eigenvalue weighted by molar-refractivity contribution is 5.48. The van der Waals surface area contributed by atoms with Crippen LogP contribution in [0.25, 0.3) is 0 Å². The number of pyridine rings is 1. The second kappa shape index (κ2) is 5.45. The smallest absolute Gasteiger partial charge is 0.311 e. The highest BCUT2D eigenvalue weighted by atomic mass is 16.6. The summed E-state index contributed by atoms with van der Waals surface area (Å²) in [7, 11) is 0. The molecule has 0 saturated heterocycles.